The summed E-state index contributed by atoms with van der Waals surface area (Å²) in [6, 6.07) is 17.0. The third-order valence-electron chi connectivity index (χ3n) is 5.04. The molecule has 4 rings (SSSR count). The smallest absolute Gasteiger partial charge is 0.272 e. The Balaban J connectivity index is 1.55. The fourth-order valence-electron chi connectivity index (χ4n) is 3.62. The van der Waals surface area contributed by atoms with Gasteiger partial charge >= 0.3 is 0 Å². The molecule has 24 heavy (non-hydrogen) atoms. The van der Waals surface area contributed by atoms with Crippen LogP contribution in [0.3, 0.4) is 0 Å². The number of rotatable bonds is 4. The van der Waals surface area contributed by atoms with E-state index in [0.717, 1.165) is 32.1 Å². The number of amides is 1. The Morgan fingerprint density at radius 1 is 1.04 bits per heavy atom. The first-order valence-electron chi connectivity index (χ1n) is 8.81. The van der Waals surface area contributed by atoms with E-state index in [1.165, 1.54) is 18.4 Å². The lowest BCUT2D eigenvalue weighted by molar-refractivity contribution is 0.0432. The van der Waals surface area contributed by atoms with Gasteiger partial charge in [0.1, 0.15) is 5.69 Å². The van der Waals surface area contributed by atoms with Crippen LogP contribution in [0.5, 0.6) is 0 Å². The van der Waals surface area contributed by atoms with Crippen LogP contribution in [0.25, 0.3) is 0 Å². The molecule has 2 aliphatic rings. The molecule has 0 N–H and O–H groups in total. The van der Waals surface area contributed by atoms with Crippen LogP contribution in [0, 0.1) is 0 Å². The van der Waals surface area contributed by atoms with Crippen molar-refractivity contribution in [1.82, 2.24) is 14.8 Å². The summed E-state index contributed by atoms with van der Waals surface area (Å²) in [4.78, 5) is 21.8. The highest BCUT2D eigenvalue weighted by molar-refractivity contribution is 5.92. The fourth-order valence-corrected chi connectivity index (χ4v) is 3.62. The molecule has 1 aromatic carbocycles. The molecule has 1 saturated heterocycles. The van der Waals surface area contributed by atoms with Crippen molar-refractivity contribution in [2.24, 2.45) is 0 Å². The maximum atomic E-state index is 12.9. The molecule has 124 valence electrons. The van der Waals surface area contributed by atoms with E-state index in [1.807, 2.05) is 29.2 Å². The van der Waals surface area contributed by atoms with Crippen molar-refractivity contribution in [2.45, 2.75) is 31.3 Å². The Morgan fingerprint density at radius 2 is 1.83 bits per heavy atom. The predicted molar refractivity (Wildman–Crippen MR) is 93.8 cm³/mol. The molecule has 1 atom stereocenters. The van der Waals surface area contributed by atoms with Gasteiger partial charge in [0, 0.05) is 37.9 Å². The first-order valence-corrected chi connectivity index (χ1v) is 8.81. The number of benzene rings is 1. The molecule has 4 nitrogen and oxygen atoms in total. The molecule has 1 aromatic heterocycles. The number of hydrogen-bond acceptors (Lipinski definition) is 3. The lowest BCUT2D eigenvalue weighted by Crippen LogP contribution is -2.56. The number of carbonyl (C=O) groups excluding carboxylic acids is 1. The van der Waals surface area contributed by atoms with Crippen LogP contribution >= 0.6 is 0 Å². The van der Waals surface area contributed by atoms with Crippen molar-refractivity contribution >= 4 is 5.91 Å². The van der Waals surface area contributed by atoms with E-state index < -0.39 is 0 Å². The molecule has 4 heteroatoms. The highest BCUT2D eigenvalue weighted by atomic mass is 16.2. The van der Waals surface area contributed by atoms with Gasteiger partial charge in [0.05, 0.1) is 0 Å². The topological polar surface area (TPSA) is 36.4 Å². The zero-order valence-electron chi connectivity index (χ0n) is 13.8. The molecule has 2 aromatic rings. The van der Waals surface area contributed by atoms with Crippen LogP contribution in [-0.2, 0) is 6.42 Å². The molecule has 0 unspecified atom stereocenters. The van der Waals surface area contributed by atoms with Crippen molar-refractivity contribution in [3.05, 3.63) is 66.0 Å². The third-order valence-corrected chi connectivity index (χ3v) is 5.04. The SMILES string of the molecule is O=C(c1ccccn1)N1CCN(C2CC2)C[C@@H]1Cc1ccccc1. The minimum absolute atomic E-state index is 0.0620. The normalized spacial score (nSPS) is 21.7. The van der Waals surface area contributed by atoms with Crippen LogP contribution in [0.1, 0.15) is 28.9 Å². The standard InChI is InChI=1S/C20H23N3O/c24-20(19-8-4-5-11-21-19)23-13-12-22(17-9-10-17)15-18(23)14-16-6-2-1-3-7-16/h1-8,11,17-18H,9-10,12-15H2/t18-/m0/s1. The van der Waals surface area contributed by atoms with Crippen molar-refractivity contribution < 1.29 is 4.79 Å². The van der Waals surface area contributed by atoms with E-state index in [9.17, 15) is 4.79 Å². The fraction of sp³-hybridized carbons (Fsp3) is 0.400. The molecule has 1 amide bonds. The zero-order chi connectivity index (χ0) is 16.4. The van der Waals surface area contributed by atoms with E-state index >= 15 is 0 Å². The van der Waals surface area contributed by atoms with Crippen LogP contribution in [0.2, 0.25) is 0 Å². The Bertz CT molecular complexity index is 685. The van der Waals surface area contributed by atoms with Gasteiger partial charge in [-0.05, 0) is 37.0 Å². The minimum atomic E-state index is 0.0620. The van der Waals surface area contributed by atoms with Gasteiger partial charge in [-0.2, -0.15) is 0 Å². The second-order valence-electron chi connectivity index (χ2n) is 6.78. The Hall–Kier alpha value is -2.20. The lowest BCUT2D eigenvalue weighted by Gasteiger charge is -2.41. The van der Waals surface area contributed by atoms with Crippen molar-refractivity contribution in [3.8, 4) is 0 Å². The molecule has 0 radical (unpaired) electrons. The number of pyridine rings is 1. The summed E-state index contributed by atoms with van der Waals surface area (Å²) < 4.78 is 0. The van der Waals surface area contributed by atoms with Crippen molar-refractivity contribution in [3.63, 3.8) is 0 Å². The van der Waals surface area contributed by atoms with E-state index in [0.29, 0.717) is 5.69 Å². The second kappa shape index (κ2) is 6.73. The van der Waals surface area contributed by atoms with Gasteiger partial charge in [-0.1, -0.05) is 36.4 Å². The molecule has 0 spiro atoms. The van der Waals surface area contributed by atoms with Gasteiger partial charge in [0.15, 0.2) is 0 Å². The van der Waals surface area contributed by atoms with Crippen LogP contribution in [0.15, 0.2) is 54.7 Å². The Labute approximate surface area is 143 Å². The van der Waals surface area contributed by atoms with E-state index in [-0.39, 0.29) is 11.9 Å². The summed E-state index contributed by atoms with van der Waals surface area (Å²) in [6.07, 6.45) is 5.22. The van der Waals surface area contributed by atoms with E-state index in [4.69, 9.17) is 0 Å². The van der Waals surface area contributed by atoms with Crippen LogP contribution < -0.4 is 0 Å². The van der Waals surface area contributed by atoms with Gasteiger partial charge in [0.25, 0.3) is 5.91 Å². The van der Waals surface area contributed by atoms with Crippen LogP contribution in [-0.4, -0.2) is 52.4 Å². The van der Waals surface area contributed by atoms with Crippen LogP contribution in [0.4, 0.5) is 0 Å². The summed E-state index contributed by atoms with van der Waals surface area (Å²) in [5.74, 6) is 0.0620. The minimum Gasteiger partial charge on any atom is -0.331 e. The van der Waals surface area contributed by atoms with Gasteiger partial charge < -0.3 is 4.90 Å². The number of piperazine rings is 1. The summed E-state index contributed by atoms with van der Waals surface area (Å²) in [6.45, 7) is 2.75. The monoisotopic (exact) mass is 321 g/mol. The zero-order valence-corrected chi connectivity index (χ0v) is 13.8. The van der Waals surface area contributed by atoms with Gasteiger partial charge in [-0.15, -0.1) is 0 Å². The Morgan fingerprint density at radius 3 is 2.54 bits per heavy atom. The summed E-state index contributed by atoms with van der Waals surface area (Å²) in [5, 5.41) is 0. The summed E-state index contributed by atoms with van der Waals surface area (Å²) in [7, 11) is 0. The first-order chi connectivity index (χ1) is 11.8. The molecule has 2 heterocycles. The van der Waals surface area contributed by atoms with Crippen molar-refractivity contribution in [2.75, 3.05) is 19.6 Å². The van der Waals surface area contributed by atoms with Gasteiger partial charge in [0.2, 0.25) is 0 Å². The maximum absolute atomic E-state index is 12.9. The van der Waals surface area contributed by atoms with Gasteiger partial charge in [-0.3, -0.25) is 14.7 Å². The maximum Gasteiger partial charge on any atom is 0.272 e. The third kappa shape index (κ3) is 3.34. The molecule has 1 saturated carbocycles. The van der Waals surface area contributed by atoms with E-state index in [2.05, 4.69) is 34.1 Å². The highest BCUT2D eigenvalue weighted by Crippen LogP contribution is 2.30. The second-order valence-corrected chi connectivity index (χ2v) is 6.78. The molecule has 2 fully saturated rings. The lowest BCUT2D eigenvalue weighted by atomic mass is 10.0. The molecule has 0 bridgehead atoms. The van der Waals surface area contributed by atoms with Crippen molar-refractivity contribution in [1.29, 1.82) is 0 Å². The number of nitrogens with zero attached hydrogens (tertiary/aromatic N) is 3. The van der Waals surface area contributed by atoms with E-state index in [1.54, 1.807) is 6.20 Å². The van der Waals surface area contributed by atoms with Gasteiger partial charge in [-0.25, -0.2) is 0 Å². The number of hydrogen-bond donors (Lipinski definition) is 0. The average molecular weight is 321 g/mol. The molecule has 1 aliphatic heterocycles. The molecular formula is C20H23N3O. The largest absolute Gasteiger partial charge is 0.331 e. The Kier molecular flexibility index (Phi) is 4.30. The first kappa shape index (κ1) is 15.3. The quantitative estimate of drug-likeness (QED) is 0.868. The summed E-state index contributed by atoms with van der Waals surface area (Å²) in [5.41, 5.74) is 1.84. The predicted octanol–water partition coefficient (Wildman–Crippen LogP) is 2.61. The molecule has 1 aliphatic carbocycles. The highest BCUT2D eigenvalue weighted by Gasteiger charge is 2.37. The number of carbonyl (C=O) groups is 1. The molecular weight excluding hydrogens is 298 g/mol. The average Bonchev–Trinajstić information content (AvgIpc) is 3.48. The number of aromatic nitrogens is 1. The summed E-state index contributed by atoms with van der Waals surface area (Å²) >= 11 is 0.